The standard InChI is InChI=1S/C38H38O7/c1-4-42-33-18-26(10-12-32(33)45-22-25-8-6-24(21-39)7-9-25)17-30-20-29-16-23(3)34(38(41)43-5-2)35(36(29)37(30)40)28-11-13-31-27(19-28)14-15-44-31/h6-13,16-19,21,23,34-36H,4-5,14-15,20,22H2,1-3H3/b30-17+. The Morgan fingerprint density at radius 1 is 0.956 bits per heavy atom. The Kier molecular flexibility index (Phi) is 8.87. The summed E-state index contributed by atoms with van der Waals surface area (Å²) >= 11 is 0. The van der Waals surface area contributed by atoms with Crippen molar-refractivity contribution in [1.82, 2.24) is 0 Å². The number of carbonyl (C=O) groups excluding carboxylic acids is 3. The van der Waals surface area contributed by atoms with Crippen LogP contribution in [0.1, 0.15) is 65.7 Å². The molecule has 0 saturated heterocycles. The highest BCUT2D eigenvalue weighted by Crippen LogP contribution is 2.52. The zero-order chi connectivity index (χ0) is 31.5. The summed E-state index contributed by atoms with van der Waals surface area (Å²) in [5, 5.41) is 0. The van der Waals surface area contributed by atoms with E-state index in [4.69, 9.17) is 18.9 Å². The van der Waals surface area contributed by atoms with Gasteiger partial charge in [0.1, 0.15) is 18.6 Å². The highest BCUT2D eigenvalue weighted by atomic mass is 16.5. The molecule has 0 amide bonds. The molecular weight excluding hydrogens is 568 g/mol. The van der Waals surface area contributed by atoms with Crippen molar-refractivity contribution in [3.63, 3.8) is 0 Å². The number of Topliss-reactive ketones (excluding diaryl/α,β-unsaturated/α-hetero) is 1. The Hall–Kier alpha value is -4.65. The maximum Gasteiger partial charge on any atom is 0.310 e. The summed E-state index contributed by atoms with van der Waals surface area (Å²) in [5.74, 6) is 0.556. The maximum atomic E-state index is 14.2. The molecule has 3 aromatic rings. The SMILES string of the molecule is CCOC(=O)C1C(C)C=C2C/C(=C\c3ccc(OCc4ccc(C=O)cc4)c(OCC)c3)C(=O)C2C1c1ccc2c(c1)CCO2. The molecule has 45 heavy (non-hydrogen) atoms. The molecule has 1 fully saturated rings. The van der Waals surface area contributed by atoms with Crippen molar-refractivity contribution in [3.8, 4) is 17.2 Å². The van der Waals surface area contributed by atoms with Gasteiger partial charge in [-0.05, 0) is 72.7 Å². The molecular formula is C38H38O7. The average Bonchev–Trinajstić information content (AvgIpc) is 3.64. The molecule has 0 spiro atoms. The van der Waals surface area contributed by atoms with Crippen LogP contribution in [0.4, 0.5) is 0 Å². The highest BCUT2D eigenvalue weighted by molar-refractivity contribution is 6.07. The second-order valence-corrected chi connectivity index (χ2v) is 11.8. The van der Waals surface area contributed by atoms with E-state index >= 15 is 0 Å². The topological polar surface area (TPSA) is 88.1 Å². The number of hydrogen-bond acceptors (Lipinski definition) is 7. The van der Waals surface area contributed by atoms with Gasteiger partial charge in [-0.25, -0.2) is 0 Å². The molecule has 232 valence electrons. The van der Waals surface area contributed by atoms with Crippen LogP contribution >= 0.6 is 0 Å². The summed E-state index contributed by atoms with van der Waals surface area (Å²) < 4.78 is 23.3. The molecule has 4 unspecified atom stereocenters. The van der Waals surface area contributed by atoms with Gasteiger partial charge in [-0.15, -0.1) is 0 Å². The van der Waals surface area contributed by atoms with Gasteiger partial charge in [0.25, 0.3) is 0 Å². The summed E-state index contributed by atoms with van der Waals surface area (Å²) in [6, 6.07) is 19.0. The van der Waals surface area contributed by atoms with Crippen molar-refractivity contribution >= 4 is 24.1 Å². The van der Waals surface area contributed by atoms with E-state index in [1.807, 2.05) is 69.3 Å². The third kappa shape index (κ3) is 6.17. The number of ether oxygens (including phenoxy) is 4. The van der Waals surface area contributed by atoms with Crippen LogP contribution in [-0.2, 0) is 27.4 Å². The molecule has 3 aliphatic rings. The van der Waals surface area contributed by atoms with Gasteiger partial charge in [0.15, 0.2) is 17.3 Å². The number of carbonyl (C=O) groups is 3. The lowest BCUT2D eigenvalue weighted by molar-refractivity contribution is -0.151. The number of aldehydes is 1. The summed E-state index contributed by atoms with van der Waals surface area (Å²) in [6.45, 7) is 7.49. The van der Waals surface area contributed by atoms with Crippen molar-refractivity contribution in [2.24, 2.45) is 17.8 Å². The number of esters is 1. The van der Waals surface area contributed by atoms with Gasteiger partial charge in [0.2, 0.25) is 0 Å². The predicted molar refractivity (Wildman–Crippen MR) is 171 cm³/mol. The second kappa shape index (κ2) is 13.1. The number of hydrogen-bond donors (Lipinski definition) is 0. The van der Waals surface area contributed by atoms with E-state index in [1.165, 1.54) is 0 Å². The first-order valence-electron chi connectivity index (χ1n) is 15.7. The largest absolute Gasteiger partial charge is 0.493 e. The molecule has 0 N–H and O–H groups in total. The van der Waals surface area contributed by atoms with E-state index in [2.05, 4.69) is 12.1 Å². The van der Waals surface area contributed by atoms with Gasteiger partial charge in [0, 0.05) is 23.5 Å². The average molecular weight is 607 g/mol. The van der Waals surface area contributed by atoms with E-state index in [9.17, 15) is 14.4 Å². The first-order chi connectivity index (χ1) is 21.9. The molecule has 7 nitrogen and oxygen atoms in total. The van der Waals surface area contributed by atoms with Gasteiger partial charge < -0.3 is 18.9 Å². The number of allylic oxidation sites excluding steroid dienone is 3. The molecule has 1 saturated carbocycles. The molecule has 6 rings (SSSR count). The number of benzene rings is 3. The van der Waals surface area contributed by atoms with E-state index in [0.717, 1.165) is 46.3 Å². The quantitative estimate of drug-likeness (QED) is 0.107. The van der Waals surface area contributed by atoms with Crippen LogP contribution in [0.2, 0.25) is 0 Å². The zero-order valence-electron chi connectivity index (χ0n) is 25.9. The highest BCUT2D eigenvalue weighted by Gasteiger charge is 2.50. The molecule has 0 radical (unpaired) electrons. The molecule has 4 atom stereocenters. The van der Waals surface area contributed by atoms with Crippen molar-refractivity contribution < 1.29 is 33.3 Å². The van der Waals surface area contributed by atoms with Crippen LogP contribution in [0.25, 0.3) is 6.08 Å². The van der Waals surface area contributed by atoms with E-state index in [-0.39, 0.29) is 23.6 Å². The fourth-order valence-electron chi connectivity index (χ4n) is 6.91. The Bertz CT molecular complexity index is 1670. The van der Waals surface area contributed by atoms with Crippen LogP contribution in [0.5, 0.6) is 17.2 Å². The van der Waals surface area contributed by atoms with Gasteiger partial charge in [0.05, 0.1) is 31.7 Å². The molecule has 2 aliphatic carbocycles. The first-order valence-corrected chi connectivity index (χ1v) is 15.7. The predicted octanol–water partition coefficient (Wildman–Crippen LogP) is 6.92. The van der Waals surface area contributed by atoms with Crippen molar-refractivity contribution in [2.45, 2.75) is 46.1 Å². The summed E-state index contributed by atoms with van der Waals surface area (Å²) in [6.07, 6.45) is 6.21. The number of ketones is 1. The fraction of sp³-hybridized carbons (Fsp3) is 0.342. The summed E-state index contributed by atoms with van der Waals surface area (Å²) in [4.78, 5) is 38.5. The summed E-state index contributed by atoms with van der Waals surface area (Å²) in [7, 11) is 0. The smallest absolute Gasteiger partial charge is 0.310 e. The van der Waals surface area contributed by atoms with Gasteiger partial charge >= 0.3 is 5.97 Å². The Morgan fingerprint density at radius 2 is 1.76 bits per heavy atom. The van der Waals surface area contributed by atoms with E-state index in [1.54, 1.807) is 12.1 Å². The van der Waals surface area contributed by atoms with E-state index in [0.29, 0.717) is 55.5 Å². The third-order valence-corrected chi connectivity index (χ3v) is 8.96. The van der Waals surface area contributed by atoms with Gasteiger partial charge in [-0.1, -0.05) is 61.0 Å². The lowest BCUT2D eigenvalue weighted by Crippen LogP contribution is -2.38. The molecule has 7 heteroatoms. The lowest BCUT2D eigenvalue weighted by Gasteiger charge is -2.37. The fourth-order valence-corrected chi connectivity index (χ4v) is 6.91. The van der Waals surface area contributed by atoms with Crippen LogP contribution in [0, 0.1) is 17.8 Å². The number of rotatable bonds is 10. The molecule has 0 aromatic heterocycles. The van der Waals surface area contributed by atoms with Crippen molar-refractivity contribution in [2.75, 3.05) is 19.8 Å². The minimum absolute atomic E-state index is 0.0428. The maximum absolute atomic E-state index is 14.2. The third-order valence-electron chi connectivity index (χ3n) is 8.96. The zero-order valence-corrected chi connectivity index (χ0v) is 25.9. The van der Waals surface area contributed by atoms with Crippen LogP contribution in [-0.4, -0.2) is 37.9 Å². The van der Waals surface area contributed by atoms with Crippen molar-refractivity contribution in [1.29, 1.82) is 0 Å². The second-order valence-electron chi connectivity index (χ2n) is 11.8. The first kappa shape index (κ1) is 30.4. The summed E-state index contributed by atoms with van der Waals surface area (Å²) in [5.41, 5.74) is 6.25. The van der Waals surface area contributed by atoms with Crippen LogP contribution < -0.4 is 14.2 Å². The van der Waals surface area contributed by atoms with Gasteiger partial charge in [-0.3, -0.25) is 14.4 Å². The van der Waals surface area contributed by atoms with Crippen LogP contribution in [0.3, 0.4) is 0 Å². The van der Waals surface area contributed by atoms with Crippen molar-refractivity contribution in [3.05, 3.63) is 106 Å². The molecule has 0 bridgehead atoms. The Morgan fingerprint density at radius 3 is 2.51 bits per heavy atom. The Balaban J connectivity index is 1.29. The monoisotopic (exact) mass is 606 g/mol. The minimum Gasteiger partial charge on any atom is -0.493 e. The minimum atomic E-state index is -0.460. The Labute approximate surface area is 263 Å². The lowest BCUT2D eigenvalue weighted by atomic mass is 9.65. The molecule has 1 heterocycles. The van der Waals surface area contributed by atoms with Gasteiger partial charge in [-0.2, -0.15) is 0 Å². The normalized spacial score (nSPS) is 22.7. The molecule has 3 aromatic carbocycles. The van der Waals surface area contributed by atoms with E-state index < -0.39 is 11.8 Å². The van der Waals surface area contributed by atoms with Crippen LogP contribution in [0.15, 0.2) is 77.9 Å². The molecule has 1 aliphatic heterocycles. The number of fused-ring (bicyclic) bond motifs is 2.